The Balaban J connectivity index is 1.76. The topological polar surface area (TPSA) is 90.9 Å². The number of esters is 2. The van der Waals surface area contributed by atoms with Crippen LogP contribution in [0.1, 0.15) is 55.5 Å². The van der Waals surface area contributed by atoms with Crippen LogP contribution in [0, 0.1) is 5.41 Å². The van der Waals surface area contributed by atoms with Gasteiger partial charge in [0.05, 0.1) is 25.4 Å². The van der Waals surface area contributed by atoms with Gasteiger partial charge in [-0.3, -0.25) is 4.79 Å². The first-order chi connectivity index (χ1) is 17.0. The standard InChI is InChI=1S/C28H28ClNO6/c1-15-23(27(33)35-5)24(25-19(30-15)13-28(2,3)14-20(25)31)17-8-11-21(22(12-17)34-4)36-26(32)16-6-9-18(29)10-7-16/h6-12,24,30H,13-14H2,1-5H3/t24-/m1/s1. The van der Waals surface area contributed by atoms with Crippen LogP contribution in [0.5, 0.6) is 11.5 Å². The summed E-state index contributed by atoms with van der Waals surface area (Å²) in [7, 11) is 2.78. The van der Waals surface area contributed by atoms with Crippen molar-refractivity contribution in [1.82, 2.24) is 5.32 Å². The summed E-state index contributed by atoms with van der Waals surface area (Å²) < 4.78 is 16.2. The highest BCUT2D eigenvalue weighted by molar-refractivity contribution is 6.30. The summed E-state index contributed by atoms with van der Waals surface area (Å²) in [5.41, 5.74) is 3.14. The van der Waals surface area contributed by atoms with E-state index in [1.807, 2.05) is 13.8 Å². The molecule has 0 unspecified atom stereocenters. The quantitative estimate of drug-likeness (QED) is 0.429. The molecule has 0 amide bonds. The molecule has 2 aliphatic rings. The van der Waals surface area contributed by atoms with Gasteiger partial charge >= 0.3 is 11.9 Å². The van der Waals surface area contributed by atoms with Gasteiger partial charge in [-0.1, -0.05) is 31.5 Å². The number of allylic oxidation sites excluding steroid dienone is 3. The van der Waals surface area contributed by atoms with Gasteiger partial charge in [-0.05, 0) is 60.7 Å². The molecular formula is C28H28ClNO6. The Labute approximate surface area is 215 Å². The number of ether oxygens (including phenoxy) is 3. The maximum atomic E-state index is 13.4. The number of ketones is 1. The lowest BCUT2D eigenvalue weighted by molar-refractivity contribution is -0.136. The van der Waals surface area contributed by atoms with Crippen LogP contribution in [0.2, 0.25) is 5.02 Å². The van der Waals surface area contributed by atoms with Crippen molar-refractivity contribution < 1.29 is 28.6 Å². The van der Waals surface area contributed by atoms with Gasteiger partial charge in [-0.25, -0.2) is 9.59 Å². The lowest BCUT2D eigenvalue weighted by Gasteiger charge is -2.39. The monoisotopic (exact) mass is 509 g/mol. The fourth-order valence-corrected chi connectivity index (χ4v) is 4.97. The third kappa shape index (κ3) is 4.88. The van der Waals surface area contributed by atoms with Gasteiger partial charge in [-0.2, -0.15) is 0 Å². The lowest BCUT2D eigenvalue weighted by atomic mass is 9.68. The number of carbonyl (C=O) groups excluding carboxylic acids is 3. The molecule has 0 saturated heterocycles. The lowest BCUT2D eigenvalue weighted by Crippen LogP contribution is -2.38. The Morgan fingerprint density at radius 3 is 2.33 bits per heavy atom. The van der Waals surface area contributed by atoms with Gasteiger partial charge < -0.3 is 19.5 Å². The highest BCUT2D eigenvalue weighted by atomic mass is 35.5. The second-order valence-electron chi connectivity index (χ2n) is 9.73. The molecule has 0 spiro atoms. The second-order valence-corrected chi connectivity index (χ2v) is 10.2. The molecule has 1 heterocycles. The molecule has 2 aromatic rings. The maximum Gasteiger partial charge on any atom is 0.343 e. The summed E-state index contributed by atoms with van der Waals surface area (Å²) in [6, 6.07) is 11.4. The molecule has 188 valence electrons. The smallest absolute Gasteiger partial charge is 0.343 e. The van der Waals surface area contributed by atoms with Gasteiger partial charge in [0.15, 0.2) is 17.3 Å². The number of halogens is 1. The van der Waals surface area contributed by atoms with Crippen molar-refractivity contribution in [2.75, 3.05) is 14.2 Å². The van der Waals surface area contributed by atoms with Crippen molar-refractivity contribution in [2.24, 2.45) is 5.41 Å². The minimum atomic E-state index is -0.646. The number of Topliss-reactive ketones (excluding diaryl/α,β-unsaturated/α-hetero) is 1. The highest BCUT2D eigenvalue weighted by Gasteiger charge is 2.43. The number of benzene rings is 2. The molecule has 8 heteroatoms. The second kappa shape index (κ2) is 9.82. The third-order valence-electron chi connectivity index (χ3n) is 6.45. The maximum absolute atomic E-state index is 13.4. The number of dihydropyridines is 1. The molecule has 0 bridgehead atoms. The predicted octanol–water partition coefficient (Wildman–Crippen LogP) is 5.34. The first kappa shape index (κ1) is 25.5. The Morgan fingerprint density at radius 1 is 1.00 bits per heavy atom. The van der Waals surface area contributed by atoms with Crippen LogP contribution in [-0.4, -0.2) is 31.9 Å². The van der Waals surface area contributed by atoms with Crippen molar-refractivity contribution in [3.63, 3.8) is 0 Å². The van der Waals surface area contributed by atoms with Crippen LogP contribution in [0.3, 0.4) is 0 Å². The van der Waals surface area contributed by atoms with Gasteiger partial charge in [-0.15, -0.1) is 0 Å². The van der Waals surface area contributed by atoms with Crippen LogP contribution in [0.15, 0.2) is 65.0 Å². The van der Waals surface area contributed by atoms with E-state index in [-0.39, 0.29) is 16.9 Å². The molecular weight excluding hydrogens is 482 g/mol. The van der Waals surface area contributed by atoms with E-state index in [1.165, 1.54) is 14.2 Å². The van der Waals surface area contributed by atoms with Crippen molar-refractivity contribution >= 4 is 29.3 Å². The summed E-state index contributed by atoms with van der Waals surface area (Å²) in [6.45, 7) is 5.90. The van der Waals surface area contributed by atoms with Crippen LogP contribution in [-0.2, 0) is 14.3 Å². The molecule has 1 aliphatic heterocycles. The van der Waals surface area contributed by atoms with Gasteiger partial charge in [0.1, 0.15) is 0 Å². The number of carbonyl (C=O) groups is 3. The SMILES string of the molecule is COC(=O)C1=C(C)NC2=C(C(=O)CC(C)(C)C2)[C@@H]1c1ccc(OC(=O)c2ccc(Cl)cc2)c(OC)c1. The first-order valence-corrected chi connectivity index (χ1v) is 11.9. The fraction of sp³-hybridized carbons (Fsp3) is 0.321. The van der Waals surface area contributed by atoms with E-state index >= 15 is 0 Å². The molecule has 0 fully saturated rings. The predicted molar refractivity (Wildman–Crippen MR) is 135 cm³/mol. The summed E-state index contributed by atoms with van der Waals surface area (Å²) in [5, 5.41) is 3.79. The average molecular weight is 510 g/mol. The zero-order valence-corrected chi connectivity index (χ0v) is 21.6. The zero-order chi connectivity index (χ0) is 26.2. The number of hydrogen-bond donors (Lipinski definition) is 1. The van der Waals surface area contributed by atoms with E-state index in [0.717, 1.165) is 5.70 Å². The van der Waals surface area contributed by atoms with E-state index in [1.54, 1.807) is 49.4 Å². The third-order valence-corrected chi connectivity index (χ3v) is 6.70. The Morgan fingerprint density at radius 2 is 1.69 bits per heavy atom. The first-order valence-electron chi connectivity index (χ1n) is 11.5. The molecule has 4 rings (SSSR count). The number of hydrogen-bond acceptors (Lipinski definition) is 7. The number of nitrogens with one attached hydrogen (secondary N) is 1. The van der Waals surface area contributed by atoms with E-state index in [9.17, 15) is 14.4 Å². The van der Waals surface area contributed by atoms with Gasteiger partial charge in [0.2, 0.25) is 0 Å². The van der Waals surface area contributed by atoms with Crippen molar-refractivity contribution in [3.8, 4) is 11.5 Å². The average Bonchev–Trinajstić information content (AvgIpc) is 2.82. The number of rotatable bonds is 5. The normalized spacial score (nSPS) is 18.8. The fourth-order valence-electron chi connectivity index (χ4n) is 4.84. The van der Waals surface area contributed by atoms with Crippen LogP contribution < -0.4 is 14.8 Å². The van der Waals surface area contributed by atoms with Crippen molar-refractivity contribution in [1.29, 1.82) is 0 Å². The van der Waals surface area contributed by atoms with Crippen molar-refractivity contribution in [2.45, 2.75) is 39.5 Å². The molecule has 0 radical (unpaired) electrons. The van der Waals surface area contributed by atoms with E-state index in [2.05, 4.69) is 5.32 Å². The summed E-state index contributed by atoms with van der Waals surface area (Å²) >= 11 is 5.90. The molecule has 0 saturated carbocycles. The molecule has 7 nitrogen and oxygen atoms in total. The van der Waals surface area contributed by atoms with E-state index in [0.29, 0.717) is 51.6 Å². The minimum absolute atomic E-state index is 0.0233. The Hall–Kier alpha value is -3.58. The molecule has 36 heavy (non-hydrogen) atoms. The van der Waals surface area contributed by atoms with E-state index < -0.39 is 17.9 Å². The summed E-state index contributed by atoms with van der Waals surface area (Å²) in [4.78, 5) is 38.9. The van der Waals surface area contributed by atoms with Crippen LogP contribution in [0.25, 0.3) is 0 Å². The van der Waals surface area contributed by atoms with Crippen LogP contribution >= 0.6 is 11.6 Å². The highest BCUT2D eigenvalue weighted by Crippen LogP contribution is 2.47. The molecule has 1 N–H and O–H groups in total. The molecule has 2 aromatic carbocycles. The Kier molecular flexibility index (Phi) is 6.96. The van der Waals surface area contributed by atoms with E-state index in [4.69, 9.17) is 25.8 Å². The van der Waals surface area contributed by atoms with Gasteiger partial charge in [0.25, 0.3) is 0 Å². The minimum Gasteiger partial charge on any atom is -0.493 e. The van der Waals surface area contributed by atoms with Crippen LogP contribution in [0.4, 0.5) is 0 Å². The largest absolute Gasteiger partial charge is 0.493 e. The molecule has 1 aliphatic carbocycles. The molecule has 1 atom stereocenters. The summed E-state index contributed by atoms with van der Waals surface area (Å²) in [5.74, 6) is -1.26. The Bertz CT molecular complexity index is 1310. The zero-order valence-electron chi connectivity index (χ0n) is 20.9. The van der Waals surface area contributed by atoms with Gasteiger partial charge in [0, 0.05) is 34.3 Å². The molecule has 0 aromatic heterocycles. The number of methoxy groups -OCH3 is 2. The van der Waals surface area contributed by atoms with Crippen molar-refractivity contribution in [3.05, 3.63) is 81.2 Å². The summed E-state index contributed by atoms with van der Waals surface area (Å²) in [6.07, 6.45) is 1.04.